The smallest absolute Gasteiger partial charge is 0.870 e. The molecule has 0 saturated heterocycles. The Hall–Kier alpha value is -10.8. The Morgan fingerprint density at radius 3 is 0.738 bits per heavy atom. The van der Waals surface area contributed by atoms with E-state index in [1.54, 1.807) is 75.5 Å². The number of ketones is 1. The number of amides is 2. The fourth-order valence-electron chi connectivity index (χ4n) is 18.4. The van der Waals surface area contributed by atoms with Crippen LogP contribution in [0, 0.1) is 51.4 Å². The molecule has 0 saturated carbocycles. The maximum absolute atomic E-state index is 12.3. The van der Waals surface area contributed by atoms with Gasteiger partial charge in [-0.25, -0.2) is 78.3 Å². The summed E-state index contributed by atoms with van der Waals surface area (Å²) < 4.78 is 107. The van der Waals surface area contributed by atoms with Gasteiger partial charge in [0.25, 0.3) is 11.8 Å². The fraction of sp³-hybridized carbons (Fsp3) is 0.416. The molecule has 688 valence electrons. The van der Waals surface area contributed by atoms with Crippen LogP contribution in [-0.4, -0.2) is 198 Å². The van der Waals surface area contributed by atoms with Crippen molar-refractivity contribution in [1.29, 1.82) is 0 Å². The van der Waals surface area contributed by atoms with Gasteiger partial charge in [0, 0.05) is 169 Å². The number of aliphatic hydroxyl groups is 4. The SMILES string of the molecule is CC(=O)c1cnc(N2CCn3c(cc4cc(CO)c(S(C)(=O)=O)cc43)C2C(C)C)nc1C.Cc1nc(N2CCn3c(cc4cc(CO)c(S(C)(=O)=O)cc43)[C@@H]2C(C)C)ncc1C(N)=O.Cc1nc(N2CCn3c(cc4cc(CO)c(S(C)(=O)=O)cc43)[C@H]2C(C)C)ncc1C(=O)O.Cc1nc(N2CCn3c(cc4cc(CO)c(S(C)(=O)=O)cc43)[C@H]2C(C)C)ncc1C(N)=O.[Na+].[OH-]. The number of aromatic carboxylic acids is 1. The van der Waals surface area contributed by atoms with Crippen LogP contribution in [0.5, 0.6) is 0 Å². The number of Topliss-reactive ketones (excluding diaryl/α,β-unsaturated/α-hetero) is 1. The molecular formula is C89H109N18NaO18S4. The second kappa shape index (κ2) is 38.6. The van der Waals surface area contributed by atoms with E-state index < -0.39 is 57.1 Å². The first kappa shape index (κ1) is 99.8. The van der Waals surface area contributed by atoms with Gasteiger partial charge in [-0.15, -0.1) is 0 Å². The molecule has 4 aromatic carbocycles. The molecule has 4 aliphatic rings. The third-order valence-corrected chi connectivity index (χ3v) is 28.8. The van der Waals surface area contributed by atoms with Gasteiger partial charge in [0.15, 0.2) is 45.1 Å². The van der Waals surface area contributed by atoms with Crippen molar-refractivity contribution in [3.8, 4) is 0 Å². The van der Waals surface area contributed by atoms with Gasteiger partial charge in [-0.3, -0.25) is 14.4 Å². The number of primary amides is 2. The van der Waals surface area contributed by atoms with Gasteiger partial charge in [-0.1, -0.05) is 55.4 Å². The number of rotatable bonds is 20. The standard InChI is InChI=1S/C23H28N4O4S.2C22H27N5O4S.C22H26N4O5S.Na.H2O/c1-13(2)22-20-9-16-8-17(12-28)21(32(5,30)31)10-19(16)26(20)6-7-27(22)23-24-11-18(15(4)29)14(3)25-23;2*1-12(2)20-18-8-14-7-15(11-28)19(32(4,30)31)9-17(14)26(18)5-6-27(20)22-24-10-16(21(23)29)13(3)25-22;1-12(2)20-18-8-14-7-15(11-27)19(32(4,30)31)9-17(14)25(18)5-6-26(20)22-23-10-16(21(28)29)13(3)24-22;;/h8-11,13,22,28H,6-7,12H2,1-5H3;2*7-10,12,20,28H,5-6,11H2,1-4H3,(H2,23,29);7-10,12,20,27H,5-6,11H2,1-4H3,(H,28,29);;1H2/q;;;;+1;/p-1/t;3*20-;;/m.101../s1. The molecule has 0 radical (unpaired) electrons. The van der Waals surface area contributed by atoms with Crippen molar-refractivity contribution in [2.24, 2.45) is 35.1 Å². The van der Waals surface area contributed by atoms with Crippen molar-refractivity contribution in [3.63, 3.8) is 0 Å². The molecule has 12 heterocycles. The van der Waals surface area contributed by atoms with E-state index in [-0.39, 0.29) is 140 Å². The summed E-state index contributed by atoms with van der Waals surface area (Å²) in [6, 6.07) is 21.6. The third-order valence-electron chi connectivity index (χ3n) is 24.1. The van der Waals surface area contributed by atoms with E-state index in [0.717, 1.165) is 91.4 Å². The second-order valence-corrected chi connectivity index (χ2v) is 42.4. The van der Waals surface area contributed by atoms with E-state index in [9.17, 15) is 78.4 Å². The van der Waals surface area contributed by atoms with Crippen LogP contribution in [0.25, 0.3) is 43.6 Å². The molecule has 0 aliphatic carbocycles. The molecule has 130 heavy (non-hydrogen) atoms. The first-order chi connectivity index (χ1) is 60.1. The summed E-state index contributed by atoms with van der Waals surface area (Å²) in [5.41, 5.74) is 23.0. The van der Waals surface area contributed by atoms with E-state index in [1.807, 2.05) is 25.1 Å². The number of sulfone groups is 4. The van der Waals surface area contributed by atoms with E-state index >= 15 is 0 Å². The normalized spacial score (nSPS) is 16.3. The zero-order valence-corrected chi connectivity index (χ0v) is 81.1. The Kier molecular flexibility index (Phi) is 29.6. The molecule has 0 fully saturated rings. The summed E-state index contributed by atoms with van der Waals surface area (Å²) >= 11 is 0. The Morgan fingerprint density at radius 2 is 0.569 bits per heavy atom. The summed E-state index contributed by atoms with van der Waals surface area (Å²) in [6.45, 7) is 28.8. The van der Waals surface area contributed by atoms with Gasteiger partial charge < -0.3 is 80.3 Å². The maximum atomic E-state index is 12.3. The molecule has 16 rings (SSSR count). The van der Waals surface area contributed by atoms with Crippen LogP contribution in [-0.2, 0) is 92.0 Å². The number of nitrogens with two attached hydrogens (primary N) is 2. The van der Waals surface area contributed by atoms with Crippen LogP contribution >= 0.6 is 0 Å². The largest absolute Gasteiger partial charge is 1.00 e. The van der Waals surface area contributed by atoms with Crippen molar-refractivity contribution in [2.45, 2.75) is 186 Å². The summed E-state index contributed by atoms with van der Waals surface area (Å²) in [6.07, 6.45) is 10.5. The summed E-state index contributed by atoms with van der Waals surface area (Å²) in [5, 5.41) is 51.7. The second-order valence-electron chi connectivity index (χ2n) is 34.5. The van der Waals surface area contributed by atoms with Gasteiger partial charge >= 0.3 is 35.5 Å². The molecule has 1 unspecified atom stereocenters. The quantitative estimate of drug-likeness (QED) is 0.0323. The number of nitrogens with zero attached hydrogens (tertiary/aromatic N) is 16. The summed E-state index contributed by atoms with van der Waals surface area (Å²) in [7, 11) is -13.9. The van der Waals surface area contributed by atoms with Gasteiger partial charge in [0.2, 0.25) is 23.8 Å². The number of hydrogen-bond donors (Lipinski definition) is 7. The first-order valence-corrected chi connectivity index (χ1v) is 49.3. The molecule has 41 heteroatoms. The van der Waals surface area contributed by atoms with Crippen LogP contribution in [0.2, 0.25) is 0 Å². The zero-order valence-electron chi connectivity index (χ0n) is 75.9. The number of aromatic nitrogens is 12. The Morgan fingerprint density at radius 1 is 0.362 bits per heavy atom. The van der Waals surface area contributed by atoms with Crippen molar-refractivity contribution in [2.75, 3.05) is 70.8 Å². The fourth-order valence-corrected chi connectivity index (χ4v) is 22.1. The number of carbonyl (C=O) groups excluding carboxylic acids is 3. The number of anilines is 4. The van der Waals surface area contributed by atoms with Crippen LogP contribution in [0.3, 0.4) is 0 Å². The molecule has 36 nitrogen and oxygen atoms in total. The first-order valence-electron chi connectivity index (χ1n) is 41.7. The van der Waals surface area contributed by atoms with Crippen molar-refractivity contribution in [1.82, 2.24) is 58.1 Å². The monoisotopic (exact) mass is 1870 g/mol. The van der Waals surface area contributed by atoms with Gasteiger partial charge in [-0.2, -0.15) is 0 Å². The number of carboxylic acid groups (broad SMARTS) is 1. The average molecular weight is 1870 g/mol. The Labute approximate surface area is 776 Å². The summed E-state index contributed by atoms with van der Waals surface area (Å²) in [5.74, 6) is 0.648. The molecule has 10 N–H and O–H groups in total. The average Bonchev–Trinajstić information content (AvgIpc) is 1.60. The van der Waals surface area contributed by atoms with Crippen LogP contribution in [0.4, 0.5) is 23.8 Å². The number of aryl methyl sites for hydroxylation is 4. The van der Waals surface area contributed by atoms with Crippen molar-refractivity contribution < 1.29 is 113 Å². The minimum absolute atomic E-state index is 0. The third kappa shape index (κ3) is 19.5. The number of hydrogen-bond acceptors (Lipinski definition) is 29. The Bertz CT molecular complexity index is 6150. The van der Waals surface area contributed by atoms with Crippen molar-refractivity contribution >= 4 is 130 Å². The molecule has 8 aromatic heterocycles. The van der Waals surface area contributed by atoms with E-state index in [0.29, 0.717) is 138 Å². The van der Waals surface area contributed by atoms with E-state index in [1.165, 1.54) is 25.5 Å². The van der Waals surface area contributed by atoms with Gasteiger partial charge in [-0.05, 0) is 153 Å². The number of fused-ring (bicyclic) bond motifs is 12. The minimum atomic E-state index is -3.49. The van der Waals surface area contributed by atoms with Crippen LogP contribution in [0.1, 0.15) is 196 Å². The molecular weight excluding hydrogens is 1760 g/mol. The number of carboxylic acids is 1. The number of carbonyl (C=O) groups is 4. The number of benzene rings is 4. The van der Waals surface area contributed by atoms with E-state index in [4.69, 9.17) is 11.5 Å². The molecule has 4 aliphatic heterocycles. The minimum Gasteiger partial charge on any atom is -0.870 e. The van der Waals surface area contributed by atoms with Crippen LogP contribution < -0.4 is 60.6 Å². The predicted molar refractivity (Wildman–Crippen MR) is 487 cm³/mol. The van der Waals surface area contributed by atoms with Crippen LogP contribution in [0.15, 0.2) is 117 Å². The van der Waals surface area contributed by atoms with Gasteiger partial charge in [0.1, 0.15) is 0 Å². The summed E-state index contributed by atoms with van der Waals surface area (Å²) in [4.78, 5) is 91.1. The Balaban J connectivity index is 0.000000167. The maximum Gasteiger partial charge on any atom is 1.00 e. The molecule has 4 atom stereocenters. The zero-order chi connectivity index (χ0) is 93.5. The van der Waals surface area contributed by atoms with Gasteiger partial charge in [0.05, 0.1) is 115 Å². The van der Waals surface area contributed by atoms with E-state index in [2.05, 4.69) is 139 Å². The molecule has 0 bridgehead atoms. The topological polar surface area (TPSA) is 524 Å². The molecule has 2 amide bonds. The number of aliphatic hydroxyl groups excluding tert-OH is 4. The van der Waals surface area contributed by atoms with Crippen molar-refractivity contribution in [3.05, 3.63) is 188 Å². The molecule has 12 aromatic rings. The predicted octanol–water partition coefficient (Wildman–Crippen LogP) is 6.34. The molecule has 0 spiro atoms.